The highest BCUT2D eigenvalue weighted by Gasteiger charge is 2.27. The van der Waals surface area contributed by atoms with Crippen LogP contribution in [0.25, 0.3) is 0 Å². The largest absolute Gasteiger partial charge is 0.489 e. The zero-order chi connectivity index (χ0) is 15.4. The lowest BCUT2D eigenvalue weighted by molar-refractivity contribution is -0.385. The molecule has 114 valence electrons. The van der Waals surface area contributed by atoms with Gasteiger partial charge < -0.3 is 9.84 Å². The molecule has 0 aromatic heterocycles. The molecule has 1 aromatic carbocycles. The molecule has 1 fully saturated rings. The van der Waals surface area contributed by atoms with Gasteiger partial charge in [0.25, 0.3) is 5.69 Å². The average molecular weight is 293 g/mol. The fourth-order valence-corrected chi connectivity index (χ4v) is 2.86. The van der Waals surface area contributed by atoms with E-state index in [9.17, 15) is 20.0 Å². The number of nitro benzene ring substituents is 1. The van der Waals surface area contributed by atoms with Crippen LogP contribution in [0.2, 0.25) is 0 Å². The summed E-state index contributed by atoms with van der Waals surface area (Å²) in [6.45, 7) is 2.08. The van der Waals surface area contributed by atoms with Crippen molar-refractivity contribution in [2.75, 3.05) is 0 Å². The van der Waals surface area contributed by atoms with Gasteiger partial charge in [-0.05, 0) is 37.7 Å². The van der Waals surface area contributed by atoms with Crippen LogP contribution < -0.4 is 4.74 Å². The minimum Gasteiger partial charge on any atom is -0.489 e. The predicted molar refractivity (Wildman–Crippen MR) is 76.7 cm³/mol. The second kappa shape index (κ2) is 6.56. The molecule has 6 nitrogen and oxygen atoms in total. The highest BCUT2D eigenvalue weighted by molar-refractivity contribution is 5.91. The first-order chi connectivity index (χ1) is 10.0. The number of ether oxygens (including phenoxy) is 1. The first-order valence-corrected chi connectivity index (χ1v) is 7.21. The van der Waals surface area contributed by atoms with Gasteiger partial charge in [-0.15, -0.1) is 0 Å². The lowest BCUT2D eigenvalue weighted by Gasteiger charge is -2.31. The molecule has 2 rings (SSSR count). The van der Waals surface area contributed by atoms with Gasteiger partial charge in [0.2, 0.25) is 0 Å². The second-order valence-corrected chi connectivity index (χ2v) is 5.35. The number of benzene rings is 1. The summed E-state index contributed by atoms with van der Waals surface area (Å²) in [6, 6.07) is 3.64. The molecule has 0 heterocycles. The molecule has 2 atom stereocenters. The molecule has 21 heavy (non-hydrogen) atoms. The van der Waals surface area contributed by atoms with Crippen LogP contribution in [0.4, 0.5) is 5.69 Å². The Morgan fingerprint density at radius 3 is 2.76 bits per heavy atom. The highest BCUT2D eigenvalue weighted by atomic mass is 16.6. The van der Waals surface area contributed by atoms with Crippen LogP contribution in [-0.2, 0) is 0 Å². The van der Waals surface area contributed by atoms with Gasteiger partial charge in [-0.1, -0.05) is 13.3 Å². The molecule has 1 saturated carbocycles. The first kappa shape index (κ1) is 15.3. The van der Waals surface area contributed by atoms with E-state index in [0.717, 1.165) is 32.1 Å². The van der Waals surface area contributed by atoms with E-state index in [-0.39, 0.29) is 23.1 Å². The molecule has 0 spiro atoms. The minimum atomic E-state index is -1.14. The Bertz CT molecular complexity index is 543. The van der Waals surface area contributed by atoms with Crippen molar-refractivity contribution in [1.82, 2.24) is 0 Å². The van der Waals surface area contributed by atoms with E-state index in [1.165, 1.54) is 18.2 Å². The van der Waals surface area contributed by atoms with E-state index >= 15 is 0 Å². The van der Waals surface area contributed by atoms with Crippen molar-refractivity contribution in [3.63, 3.8) is 0 Å². The number of carboxylic acid groups (broad SMARTS) is 1. The summed E-state index contributed by atoms with van der Waals surface area (Å²) in [5.74, 6) is -0.662. The summed E-state index contributed by atoms with van der Waals surface area (Å²) in [7, 11) is 0. The van der Waals surface area contributed by atoms with Gasteiger partial charge in [-0.25, -0.2) is 4.79 Å². The van der Waals surface area contributed by atoms with Crippen molar-refractivity contribution in [3.05, 3.63) is 33.9 Å². The maximum absolute atomic E-state index is 11.2. The zero-order valence-corrected chi connectivity index (χ0v) is 11.9. The number of hydrogen-bond donors (Lipinski definition) is 1. The van der Waals surface area contributed by atoms with Gasteiger partial charge >= 0.3 is 5.97 Å². The third-order valence-electron chi connectivity index (χ3n) is 4.05. The number of rotatable bonds is 5. The van der Waals surface area contributed by atoms with Gasteiger partial charge in [0.15, 0.2) is 0 Å². The van der Waals surface area contributed by atoms with Crippen molar-refractivity contribution in [3.8, 4) is 5.75 Å². The molecule has 0 amide bonds. The van der Waals surface area contributed by atoms with Gasteiger partial charge in [-0.2, -0.15) is 0 Å². The Morgan fingerprint density at radius 1 is 1.43 bits per heavy atom. The quantitative estimate of drug-likeness (QED) is 0.661. The summed E-state index contributed by atoms with van der Waals surface area (Å²) in [5.41, 5.74) is -0.181. The fourth-order valence-electron chi connectivity index (χ4n) is 2.86. The van der Waals surface area contributed by atoms with Gasteiger partial charge in [0.05, 0.1) is 11.0 Å². The van der Waals surface area contributed by atoms with Crippen LogP contribution in [0.5, 0.6) is 5.75 Å². The molecule has 0 bridgehead atoms. The van der Waals surface area contributed by atoms with Crippen LogP contribution in [0, 0.1) is 16.0 Å². The Kier molecular flexibility index (Phi) is 4.77. The van der Waals surface area contributed by atoms with E-state index in [2.05, 4.69) is 6.92 Å². The summed E-state index contributed by atoms with van der Waals surface area (Å²) < 4.78 is 5.86. The monoisotopic (exact) mass is 293 g/mol. The van der Waals surface area contributed by atoms with Crippen molar-refractivity contribution >= 4 is 11.7 Å². The van der Waals surface area contributed by atoms with Crippen molar-refractivity contribution in [2.45, 2.75) is 45.1 Å². The number of non-ortho nitro benzene ring substituents is 1. The molecule has 0 saturated heterocycles. The molecular weight excluding hydrogens is 274 g/mol. The maximum Gasteiger partial charge on any atom is 0.339 e. The van der Waals surface area contributed by atoms with Crippen LogP contribution in [0.15, 0.2) is 18.2 Å². The van der Waals surface area contributed by atoms with E-state index in [1.807, 2.05) is 0 Å². The molecule has 0 radical (unpaired) electrons. The van der Waals surface area contributed by atoms with Crippen LogP contribution in [0.1, 0.15) is 49.4 Å². The number of hydrogen-bond acceptors (Lipinski definition) is 4. The maximum atomic E-state index is 11.2. The van der Waals surface area contributed by atoms with E-state index in [1.54, 1.807) is 0 Å². The highest BCUT2D eigenvalue weighted by Crippen LogP contribution is 2.33. The molecule has 1 N–H and O–H groups in total. The fraction of sp³-hybridized carbons (Fsp3) is 0.533. The summed E-state index contributed by atoms with van der Waals surface area (Å²) in [6.07, 6.45) is 5.00. The third-order valence-corrected chi connectivity index (χ3v) is 4.05. The molecular formula is C15H19NO5. The molecule has 1 aliphatic rings. The average Bonchev–Trinajstić information content (AvgIpc) is 2.47. The van der Waals surface area contributed by atoms with Gasteiger partial charge in [0.1, 0.15) is 17.4 Å². The Morgan fingerprint density at radius 2 is 2.14 bits per heavy atom. The molecule has 0 aliphatic heterocycles. The van der Waals surface area contributed by atoms with Gasteiger partial charge in [0, 0.05) is 6.07 Å². The van der Waals surface area contributed by atoms with Crippen LogP contribution in [-0.4, -0.2) is 22.1 Å². The Hall–Kier alpha value is -2.11. The molecule has 1 aliphatic carbocycles. The van der Waals surface area contributed by atoms with Crippen LogP contribution in [0.3, 0.4) is 0 Å². The number of nitrogens with zero attached hydrogens (tertiary/aromatic N) is 1. The van der Waals surface area contributed by atoms with E-state index < -0.39 is 10.9 Å². The third kappa shape index (κ3) is 3.51. The number of aromatic carboxylic acids is 1. The SMILES string of the molecule is CCC1CCCCC1Oc1cc([N+](=O)[O-])ccc1C(=O)O. The summed E-state index contributed by atoms with van der Waals surface area (Å²) in [4.78, 5) is 21.6. The summed E-state index contributed by atoms with van der Waals surface area (Å²) >= 11 is 0. The Labute approximate surface area is 122 Å². The standard InChI is InChI=1S/C15H19NO5/c1-2-10-5-3-4-6-13(10)21-14-9-11(16(19)20)7-8-12(14)15(17)18/h7-10,13H,2-6H2,1H3,(H,17,18). The van der Waals surface area contributed by atoms with E-state index in [0.29, 0.717) is 5.92 Å². The first-order valence-electron chi connectivity index (χ1n) is 7.21. The van der Waals surface area contributed by atoms with Crippen molar-refractivity contribution in [1.29, 1.82) is 0 Å². The molecule has 1 aromatic rings. The van der Waals surface area contributed by atoms with Crippen molar-refractivity contribution < 1.29 is 19.6 Å². The summed E-state index contributed by atoms with van der Waals surface area (Å²) in [5, 5.41) is 20.0. The molecule has 6 heteroatoms. The predicted octanol–water partition coefficient (Wildman–Crippen LogP) is 3.64. The lowest BCUT2D eigenvalue weighted by Crippen LogP contribution is -2.30. The molecule has 2 unspecified atom stereocenters. The zero-order valence-electron chi connectivity index (χ0n) is 11.9. The number of carboxylic acids is 1. The lowest BCUT2D eigenvalue weighted by atomic mass is 9.84. The van der Waals surface area contributed by atoms with E-state index in [4.69, 9.17) is 4.74 Å². The number of carbonyl (C=O) groups is 1. The van der Waals surface area contributed by atoms with Crippen LogP contribution >= 0.6 is 0 Å². The minimum absolute atomic E-state index is 0.0268. The normalized spacial score (nSPS) is 21.8. The number of nitro groups is 1. The Balaban J connectivity index is 2.29. The smallest absolute Gasteiger partial charge is 0.339 e. The van der Waals surface area contributed by atoms with Gasteiger partial charge in [-0.3, -0.25) is 10.1 Å². The topological polar surface area (TPSA) is 89.7 Å². The van der Waals surface area contributed by atoms with Crippen molar-refractivity contribution in [2.24, 2.45) is 5.92 Å². The second-order valence-electron chi connectivity index (χ2n) is 5.35.